The highest BCUT2D eigenvalue weighted by atomic mass is 16.1. The smallest absolute Gasteiger partial charge is 0.122 e. The van der Waals surface area contributed by atoms with Crippen LogP contribution in [0.3, 0.4) is 0 Å². The highest BCUT2D eigenvalue weighted by Crippen LogP contribution is 2.12. The van der Waals surface area contributed by atoms with E-state index in [0.717, 1.165) is 12.3 Å². The predicted octanol–water partition coefficient (Wildman–Crippen LogP) is 1.94. The van der Waals surface area contributed by atoms with Gasteiger partial charge in [-0.15, -0.1) is 0 Å². The second-order valence-electron chi connectivity index (χ2n) is 3.85. The van der Waals surface area contributed by atoms with Gasteiger partial charge in [-0.25, -0.2) is 0 Å². The number of hydrogen-bond donors (Lipinski definition) is 0. The standard InChI is InChI=1S/C6H13N.C4H8O/c1-6-4-3-5-7(6)2;1-4(2)3-5/h6H,3-5H2,1-2H3;3-4H,1-2H3. The van der Waals surface area contributed by atoms with Crippen molar-refractivity contribution in [3.63, 3.8) is 0 Å². The number of aldehydes is 1. The molecule has 0 aromatic carbocycles. The Morgan fingerprint density at radius 1 is 1.50 bits per heavy atom. The maximum absolute atomic E-state index is 9.50. The minimum absolute atomic E-state index is 0.204. The molecule has 1 atom stereocenters. The molecule has 0 aliphatic carbocycles. The Bertz CT molecular complexity index is 115. The quantitative estimate of drug-likeness (QED) is 0.562. The normalized spacial score (nSPS) is 23.6. The molecule has 0 radical (unpaired) electrons. The maximum Gasteiger partial charge on any atom is 0.122 e. The molecule has 0 aromatic rings. The van der Waals surface area contributed by atoms with E-state index in [4.69, 9.17) is 0 Å². The lowest BCUT2D eigenvalue weighted by Crippen LogP contribution is -2.20. The average Bonchev–Trinajstić information content (AvgIpc) is 2.37. The van der Waals surface area contributed by atoms with Crippen molar-refractivity contribution in [2.75, 3.05) is 13.6 Å². The summed E-state index contributed by atoms with van der Waals surface area (Å²) in [5, 5.41) is 0. The van der Waals surface area contributed by atoms with Gasteiger partial charge in [-0.05, 0) is 33.4 Å². The molecule has 0 bridgehead atoms. The fraction of sp³-hybridized carbons (Fsp3) is 0.900. The van der Waals surface area contributed by atoms with Crippen molar-refractivity contribution in [2.24, 2.45) is 5.92 Å². The molecule has 1 saturated heterocycles. The van der Waals surface area contributed by atoms with Crippen molar-refractivity contribution in [1.29, 1.82) is 0 Å². The first-order valence-electron chi connectivity index (χ1n) is 4.73. The van der Waals surface area contributed by atoms with Gasteiger partial charge in [-0.1, -0.05) is 13.8 Å². The van der Waals surface area contributed by atoms with Crippen LogP contribution < -0.4 is 0 Å². The Labute approximate surface area is 75.9 Å². The van der Waals surface area contributed by atoms with Gasteiger partial charge < -0.3 is 9.69 Å². The van der Waals surface area contributed by atoms with E-state index in [2.05, 4.69) is 18.9 Å². The van der Waals surface area contributed by atoms with E-state index in [9.17, 15) is 4.79 Å². The molecule has 0 N–H and O–H groups in total. The van der Waals surface area contributed by atoms with Crippen molar-refractivity contribution >= 4 is 6.29 Å². The summed E-state index contributed by atoms with van der Waals surface area (Å²) in [6.45, 7) is 7.30. The number of nitrogens with zero attached hydrogens (tertiary/aromatic N) is 1. The van der Waals surface area contributed by atoms with Gasteiger partial charge in [-0.2, -0.15) is 0 Å². The molecule has 2 nitrogen and oxygen atoms in total. The van der Waals surface area contributed by atoms with E-state index in [0.29, 0.717) is 0 Å². The fourth-order valence-electron chi connectivity index (χ4n) is 1.08. The molecule has 2 heteroatoms. The molecule has 1 rings (SSSR count). The van der Waals surface area contributed by atoms with Crippen molar-refractivity contribution in [3.8, 4) is 0 Å². The highest BCUT2D eigenvalue weighted by molar-refractivity contribution is 5.51. The van der Waals surface area contributed by atoms with Crippen molar-refractivity contribution in [3.05, 3.63) is 0 Å². The largest absolute Gasteiger partial charge is 0.304 e. The summed E-state index contributed by atoms with van der Waals surface area (Å²) < 4.78 is 0. The summed E-state index contributed by atoms with van der Waals surface area (Å²) in [5.41, 5.74) is 0. The molecule has 72 valence electrons. The second kappa shape index (κ2) is 6.18. The van der Waals surface area contributed by atoms with E-state index in [-0.39, 0.29) is 5.92 Å². The van der Waals surface area contributed by atoms with Gasteiger partial charge in [0, 0.05) is 12.0 Å². The molecule has 0 spiro atoms. The van der Waals surface area contributed by atoms with Crippen LogP contribution in [0.15, 0.2) is 0 Å². The first-order valence-corrected chi connectivity index (χ1v) is 4.73. The average molecular weight is 171 g/mol. The van der Waals surface area contributed by atoms with Crippen LogP contribution in [-0.2, 0) is 4.79 Å². The molecule has 12 heavy (non-hydrogen) atoms. The first kappa shape index (κ1) is 11.6. The number of likely N-dealkylation sites (tertiary alicyclic amines) is 1. The lowest BCUT2D eigenvalue weighted by Gasteiger charge is -2.12. The number of carbonyl (C=O) groups is 1. The van der Waals surface area contributed by atoms with Crippen LogP contribution in [0.5, 0.6) is 0 Å². The van der Waals surface area contributed by atoms with Gasteiger partial charge in [0.1, 0.15) is 6.29 Å². The Morgan fingerprint density at radius 2 is 2.00 bits per heavy atom. The first-order chi connectivity index (χ1) is 5.57. The van der Waals surface area contributed by atoms with E-state index in [1.165, 1.54) is 19.4 Å². The van der Waals surface area contributed by atoms with E-state index in [1.54, 1.807) is 0 Å². The number of carbonyl (C=O) groups excluding carboxylic acids is 1. The summed E-state index contributed by atoms with van der Waals surface area (Å²) in [4.78, 5) is 11.9. The third kappa shape index (κ3) is 5.30. The molecular weight excluding hydrogens is 150 g/mol. The van der Waals surface area contributed by atoms with Crippen LogP contribution in [0, 0.1) is 5.92 Å². The molecule has 1 aliphatic heterocycles. The molecule has 1 aliphatic rings. The molecular formula is C10H21NO. The van der Waals surface area contributed by atoms with E-state index >= 15 is 0 Å². The summed E-state index contributed by atoms with van der Waals surface area (Å²) in [6.07, 6.45) is 3.72. The van der Waals surface area contributed by atoms with Crippen molar-refractivity contribution in [1.82, 2.24) is 4.90 Å². The van der Waals surface area contributed by atoms with Crippen molar-refractivity contribution < 1.29 is 4.79 Å². The van der Waals surface area contributed by atoms with E-state index < -0.39 is 0 Å². The fourth-order valence-corrected chi connectivity index (χ4v) is 1.08. The SMILES string of the molecule is CC(C)C=O.CC1CCCN1C. The Kier molecular flexibility index (Phi) is 5.99. The Morgan fingerprint density at radius 3 is 2.08 bits per heavy atom. The van der Waals surface area contributed by atoms with Gasteiger partial charge in [0.25, 0.3) is 0 Å². The third-order valence-electron chi connectivity index (χ3n) is 2.16. The third-order valence-corrected chi connectivity index (χ3v) is 2.16. The second-order valence-corrected chi connectivity index (χ2v) is 3.85. The lowest BCUT2D eigenvalue weighted by molar-refractivity contribution is -0.110. The number of rotatable bonds is 1. The molecule has 1 fully saturated rings. The topological polar surface area (TPSA) is 20.3 Å². The zero-order valence-electron chi connectivity index (χ0n) is 8.71. The summed E-state index contributed by atoms with van der Waals surface area (Å²) in [5.74, 6) is 0.204. The van der Waals surface area contributed by atoms with Crippen LogP contribution in [0.1, 0.15) is 33.6 Å². The maximum atomic E-state index is 9.50. The minimum Gasteiger partial charge on any atom is -0.304 e. The zero-order valence-corrected chi connectivity index (χ0v) is 8.71. The monoisotopic (exact) mass is 171 g/mol. The van der Waals surface area contributed by atoms with Crippen molar-refractivity contribution in [2.45, 2.75) is 39.7 Å². The van der Waals surface area contributed by atoms with Gasteiger partial charge in [0.15, 0.2) is 0 Å². The summed E-state index contributed by atoms with van der Waals surface area (Å²) >= 11 is 0. The van der Waals surface area contributed by atoms with Crippen LogP contribution in [-0.4, -0.2) is 30.8 Å². The molecule has 0 saturated carbocycles. The van der Waals surface area contributed by atoms with Crippen LogP contribution in [0.2, 0.25) is 0 Å². The number of hydrogen-bond acceptors (Lipinski definition) is 2. The van der Waals surface area contributed by atoms with Crippen LogP contribution >= 0.6 is 0 Å². The zero-order chi connectivity index (χ0) is 9.56. The molecule has 1 heterocycles. The van der Waals surface area contributed by atoms with E-state index in [1.807, 2.05) is 13.8 Å². The van der Waals surface area contributed by atoms with Crippen LogP contribution in [0.25, 0.3) is 0 Å². The summed E-state index contributed by atoms with van der Waals surface area (Å²) in [7, 11) is 2.19. The van der Waals surface area contributed by atoms with Gasteiger partial charge >= 0.3 is 0 Å². The minimum atomic E-state index is 0.204. The van der Waals surface area contributed by atoms with Crippen LogP contribution in [0.4, 0.5) is 0 Å². The summed E-state index contributed by atoms with van der Waals surface area (Å²) in [6, 6.07) is 0.847. The predicted molar refractivity (Wildman–Crippen MR) is 52.2 cm³/mol. The van der Waals surface area contributed by atoms with Gasteiger partial charge in [0.2, 0.25) is 0 Å². The molecule has 1 unspecified atom stereocenters. The lowest BCUT2D eigenvalue weighted by atomic mass is 10.3. The molecule has 0 amide bonds. The Balaban J connectivity index is 0.000000217. The highest BCUT2D eigenvalue weighted by Gasteiger charge is 2.14. The van der Waals surface area contributed by atoms with Gasteiger partial charge in [0.05, 0.1) is 0 Å². The van der Waals surface area contributed by atoms with Gasteiger partial charge in [-0.3, -0.25) is 0 Å². The Hall–Kier alpha value is -0.370. The molecule has 0 aromatic heterocycles.